The van der Waals surface area contributed by atoms with Crippen LogP contribution < -0.4 is 10.6 Å². The molecule has 7 atom stereocenters. The molecule has 0 aliphatic carbocycles. The van der Waals surface area contributed by atoms with E-state index in [4.69, 9.17) is 14.6 Å². The first-order chi connectivity index (χ1) is 13.5. The van der Waals surface area contributed by atoms with Crippen LogP contribution in [0.2, 0.25) is 0 Å². The van der Waals surface area contributed by atoms with E-state index in [-0.39, 0.29) is 13.0 Å². The van der Waals surface area contributed by atoms with Crippen molar-refractivity contribution in [2.45, 2.75) is 64.1 Å². The van der Waals surface area contributed by atoms with Crippen LogP contribution in [0.3, 0.4) is 0 Å². The van der Waals surface area contributed by atoms with E-state index < -0.39 is 72.7 Å². The number of amides is 2. The van der Waals surface area contributed by atoms with E-state index in [9.17, 15) is 35.1 Å². The summed E-state index contributed by atoms with van der Waals surface area (Å²) in [6, 6.07) is -1.32. The van der Waals surface area contributed by atoms with E-state index in [1.807, 2.05) is 0 Å². The average Bonchev–Trinajstić information content (AvgIpc) is 2.64. The molecule has 29 heavy (non-hydrogen) atoms. The third kappa shape index (κ3) is 6.89. The third-order valence-electron chi connectivity index (χ3n) is 4.39. The van der Waals surface area contributed by atoms with Crippen molar-refractivity contribution in [3.05, 3.63) is 11.5 Å². The molecule has 0 spiro atoms. The van der Waals surface area contributed by atoms with Crippen molar-refractivity contribution in [1.29, 1.82) is 0 Å². The Morgan fingerprint density at radius 2 is 1.79 bits per heavy atom. The standard InChI is InChI=1S/C17H30N2O10/c1-7(4-5-20)13(24)11(18-8(2)22)17(27)29-15-10(6-21)28-16(26)12(14(15)25)19-9(3)23/h7,10,12,14-17,20-21,24-27H,4-6H2,1-3H3,(H,18,22)(H,19,23)/b13-11-. The Morgan fingerprint density at radius 1 is 1.17 bits per heavy atom. The van der Waals surface area contributed by atoms with Crippen LogP contribution in [0.15, 0.2) is 11.5 Å². The van der Waals surface area contributed by atoms with Gasteiger partial charge in [-0.15, -0.1) is 0 Å². The lowest BCUT2D eigenvalue weighted by atomic mass is 9.96. The Labute approximate surface area is 167 Å². The number of aliphatic hydroxyl groups excluding tert-OH is 6. The van der Waals surface area contributed by atoms with Crippen LogP contribution in [0.25, 0.3) is 0 Å². The summed E-state index contributed by atoms with van der Waals surface area (Å²) < 4.78 is 10.5. The van der Waals surface area contributed by atoms with Crippen LogP contribution in [0.1, 0.15) is 27.2 Å². The summed E-state index contributed by atoms with van der Waals surface area (Å²) in [7, 11) is 0. The molecule has 8 N–H and O–H groups in total. The lowest BCUT2D eigenvalue weighted by Gasteiger charge is -2.43. The summed E-state index contributed by atoms with van der Waals surface area (Å²) in [5.41, 5.74) is -0.412. The highest BCUT2D eigenvalue weighted by Crippen LogP contribution is 2.26. The van der Waals surface area contributed by atoms with E-state index in [0.717, 1.165) is 13.8 Å². The second-order valence-electron chi connectivity index (χ2n) is 6.81. The lowest BCUT2D eigenvalue weighted by molar-refractivity contribution is -0.283. The zero-order valence-electron chi connectivity index (χ0n) is 16.5. The van der Waals surface area contributed by atoms with Crippen LogP contribution >= 0.6 is 0 Å². The molecule has 0 aromatic carbocycles. The summed E-state index contributed by atoms with van der Waals surface area (Å²) in [5.74, 6) is -2.30. The van der Waals surface area contributed by atoms with Gasteiger partial charge in [-0.05, 0) is 6.42 Å². The van der Waals surface area contributed by atoms with Crippen LogP contribution in [0.4, 0.5) is 0 Å². The third-order valence-corrected chi connectivity index (χ3v) is 4.39. The number of hydrogen-bond donors (Lipinski definition) is 8. The van der Waals surface area contributed by atoms with Crippen molar-refractivity contribution in [3.8, 4) is 0 Å². The molecule has 2 amide bonds. The van der Waals surface area contributed by atoms with Crippen LogP contribution in [-0.2, 0) is 19.1 Å². The SMILES string of the molecule is CC(=O)N/C(=C(\O)C(C)CCO)C(O)OC1C(CO)OC(O)C(NC(C)=O)C1O. The van der Waals surface area contributed by atoms with Gasteiger partial charge in [-0.3, -0.25) is 9.59 Å². The van der Waals surface area contributed by atoms with Gasteiger partial charge in [-0.25, -0.2) is 0 Å². The highest BCUT2D eigenvalue weighted by atomic mass is 16.7. The minimum atomic E-state index is -1.97. The zero-order valence-corrected chi connectivity index (χ0v) is 16.5. The topological polar surface area (TPSA) is 198 Å². The van der Waals surface area contributed by atoms with Crippen molar-refractivity contribution in [3.63, 3.8) is 0 Å². The molecule has 1 heterocycles. The van der Waals surface area contributed by atoms with Gasteiger partial charge in [0.05, 0.1) is 6.61 Å². The Bertz CT molecular complexity index is 599. The highest BCUT2D eigenvalue weighted by molar-refractivity contribution is 5.75. The van der Waals surface area contributed by atoms with Crippen molar-refractivity contribution in [2.75, 3.05) is 13.2 Å². The van der Waals surface area contributed by atoms with E-state index in [2.05, 4.69) is 10.6 Å². The smallest absolute Gasteiger partial charge is 0.221 e. The fraction of sp³-hybridized carbons (Fsp3) is 0.765. The number of carbonyl (C=O) groups excluding carboxylic acids is 2. The first-order valence-electron chi connectivity index (χ1n) is 9.07. The Kier molecular flexibility index (Phi) is 9.92. The average molecular weight is 422 g/mol. The quantitative estimate of drug-likeness (QED) is 0.142. The summed E-state index contributed by atoms with van der Waals surface area (Å²) >= 11 is 0. The Balaban J connectivity index is 3.13. The fourth-order valence-corrected chi connectivity index (χ4v) is 2.90. The molecular formula is C17H30N2O10. The van der Waals surface area contributed by atoms with Gasteiger partial charge >= 0.3 is 0 Å². The maximum Gasteiger partial charge on any atom is 0.221 e. The normalized spacial score (nSPS) is 30.1. The predicted octanol–water partition coefficient (Wildman–Crippen LogP) is -2.81. The molecule has 12 heteroatoms. The first-order valence-corrected chi connectivity index (χ1v) is 9.07. The summed E-state index contributed by atoms with van der Waals surface area (Å²) in [6.45, 7) is 2.87. The highest BCUT2D eigenvalue weighted by Gasteiger charge is 2.47. The van der Waals surface area contributed by atoms with Gasteiger partial charge in [-0.1, -0.05) is 6.92 Å². The van der Waals surface area contributed by atoms with Gasteiger partial charge in [0.1, 0.15) is 35.8 Å². The second-order valence-corrected chi connectivity index (χ2v) is 6.81. The fourth-order valence-electron chi connectivity index (χ4n) is 2.90. The molecule has 7 unspecified atom stereocenters. The molecule has 0 saturated carbocycles. The minimum Gasteiger partial charge on any atom is -0.510 e. The summed E-state index contributed by atoms with van der Waals surface area (Å²) in [5, 5.41) is 64.2. The number of carbonyl (C=O) groups is 2. The molecular weight excluding hydrogens is 392 g/mol. The lowest BCUT2D eigenvalue weighted by Crippen LogP contribution is -2.65. The first kappa shape index (κ1) is 25.2. The maximum atomic E-state index is 11.5. The Hall–Kier alpha value is -1.80. The zero-order chi connectivity index (χ0) is 22.3. The van der Waals surface area contributed by atoms with Gasteiger partial charge in [0.25, 0.3) is 0 Å². The maximum absolute atomic E-state index is 11.5. The van der Waals surface area contributed by atoms with Gasteiger partial charge in [-0.2, -0.15) is 0 Å². The molecule has 0 bridgehead atoms. The second kappa shape index (κ2) is 11.4. The minimum absolute atomic E-state index is 0.132. The Morgan fingerprint density at radius 3 is 2.28 bits per heavy atom. The summed E-state index contributed by atoms with van der Waals surface area (Å²) in [6.07, 6.45) is -7.82. The monoisotopic (exact) mass is 422 g/mol. The number of hydrogen-bond acceptors (Lipinski definition) is 10. The number of nitrogens with one attached hydrogen (secondary N) is 2. The van der Waals surface area contributed by atoms with E-state index >= 15 is 0 Å². The van der Waals surface area contributed by atoms with Crippen LogP contribution in [0, 0.1) is 5.92 Å². The molecule has 1 rings (SSSR count). The molecule has 0 radical (unpaired) electrons. The van der Waals surface area contributed by atoms with Gasteiger partial charge < -0.3 is 50.7 Å². The van der Waals surface area contributed by atoms with Crippen LogP contribution in [0.5, 0.6) is 0 Å². The van der Waals surface area contributed by atoms with Gasteiger partial charge in [0.2, 0.25) is 11.8 Å². The van der Waals surface area contributed by atoms with E-state index in [1.54, 1.807) is 6.92 Å². The molecule has 1 fully saturated rings. The predicted molar refractivity (Wildman–Crippen MR) is 96.8 cm³/mol. The van der Waals surface area contributed by atoms with Crippen LogP contribution in [-0.4, -0.2) is 92.6 Å². The molecule has 1 saturated heterocycles. The van der Waals surface area contributed by atoms with Gasteiger partial charge in [0.15, 0.2) is 12.6 Å². The largest absolute Gasteiger partial charge is 0.510 e. The number of allylic oxidation sites excluding steroid dienone is 1. The molecule has 0 aromatic rings. The van der Waals surface area contributed by atoms with Crippen molar-refractivity contribution in [2.24, 2.45) is 5.92 Å². The molecule has 12 nitrogen and oxygen atoms in total. The number of aliphatic hydroxyl groups is 6. The van der Waals surface area contributed by atoms with Crippen molar-refractivity contribution < 1.29 is 49.7 Å². The molecule has 168 valence electrons. The molecule has 1 aliphatic rings. The number of rotatable bonds is 9. The molecule has 1 aliphatic heterocycles. The van der Waals surface area contributed by atoms with Crippen molar-refractivity contribution in [1.82, 2.24) is 10.6 Å². The number of ether oxygens (including phenoxy) is 2. The van der Waals surface area contributed by atoms with Crippen molar-refractivity contribution >= 4 is 11.8 Å². The summed E-state index contributed by atoms with van der Waals surface area (Å²) in [4.78, 5) is 22.8. The van der Waals surface area contributed by atoms with E-state index in [0.29, 0.717) is 0 Å². The molecule has 0 aromatic heterocycles. The van der Waals surface area contributed by atoms with E-state index in [1.165, 1.54) is 0 Å². The van der Waals surface area contributed by atoms with Gasteiger partial charge in [0, 0.05) is 26.4 Å².